The van der Waals surface area contributed by atoms with Crippen LogP contribution in [0.4, 0.5) is 13.2 Å². The molecule has 1 aliphatic heterocycles. The second kappa shape index (κ2) is 6.32. The van der Waals surface area contributed by atoms with Crippen molar-refractivity contribution >= 4 is 5.91 Å². The second-order valence-corrected chi connectivity index (χ2v) is 8.95. The van der Waals surface area contributed by atoms with Crippen LogP contribution in [0, 0.1) is 0 Å². The van der Waals surface area contributed by atoms with Gasteiger partial charge < -0.3 is 14.6 Å². The maximum absolute atomic E-state index is 13.3. The maximum Gasteiger partial charge on any atom is 0.424 e. The minimum atomic E-state index is -4.85. The zero-order valence-electron chi connectivity index (χ0n) is 16.9. The highest BCUT2D eigenvalue weighted by Gasteiger charge is 2.55. The summed E-state index contributed by atoms with van der Waals surface area (Å²) in [6.07, 6.45) is 0.668. The summed E-state index contributed by atoms with van der Waals surface area (Å²) in [7, 11) is 0. The number of amides is 1. The van der Waals surface area contributed by atoms with Crippen molar-refractivity contribution in [1.29, 1.82) is 0 Å². The molecule has 1 amide bonds. The minimum absolute atomic E-state index is 0.138. The van der Waals surface area contributed by atoms with E-state index in [9.17, 15) is 23.1 Å². The molecule has 162 valence electrons. The summed E-state index contributed by atoms with van der Waals surface area (Å²) in [4.78, 5) is 18.9. The number of aliphatic hydroxyl groups is 1. The quantitative estimate of drug-likeness (QED) is 0.819. The van der Waals surface area contributed by atoms with Gasteiger partial charge in [0.15, 0.2) is 5.82 Å². The Hall–Kier alpha value is -2.36. The number of carbonyl (C=O) groups excluding carboxylic acids is 1. The van der Waals surface area contributed by atoms with Crippen LogP contribution in [0.3, 0.4) is 0 Å². The SMILES string of the molecule is C[C@H]1CN(C(=O)c2cc(C3CC3)nn2C2CC2)Cc2cnc([C@@](C)(O)C(F)(F)F)n21. The number of hydrogen-bond acceptors (Lipinski definition) is 4. The van der Waals surface area contributed by atoms with Crippen LogP contribution in [-0.2, 0) is 12.1 Å². The summed E-state index contributed by atoms with van der Waals surface area (Å²) in [5.74, 6) is -0.168. The minimum Gasteiger partial charge on any atom is -0.374 e. The van der Waals surface area contributed by atoms with Gasteiger partial charge in [0.05, 0.1) is 36.2 Å². The molecule has 10 heteroatoms. The Morgan fingerprint density at radius 3 is 2.53 bits per heavy atom. The van der Waals surface area contributed by atoms with E-state index in [2.05, 4.69) is 10.1 Å². The largest absolute Gasteiger partial charge is 0.424 e. The van der Waals surface area contributed by atoms with Gasteiger partial charge in [0, 0.05) is 12.5 Å². The molecule has 0 spiro atoms. The summed E-state index contributed by atoms with van der Waals surface area (Å²) >= 11 is 0. The molecule has 30 heavy (non-hydrogen) atoms. The third-order valence-corrected chi connectivity index (χ3v) is 6.29. The standard InChI is InChI=1S/C20H24F3N5O2/c1-11-9-26(10-14-8-24-18(27(11)14)19(2,30)20(21,22)23)17(29)16-7-15(12-3-4-12)25-28(16)13-5-6-13/h7-8,11-13,30H,3-6,9-10H2,1-2H3/t11-,19+/m0/s1. The normalized spacial score (nSPS) is 23.9. The van der Waals surface area contributed by atoms with E-state index >= 15 is 0 Å². The first-order valence-corrected chi connectivity index (χ1v) is 10.3. The van der Waals surface area contributed by atoms with Gasteiger partial charge in [-0.05, 0) is 45.6 Å². The fourth-order valence-corrected chi connectivity index (χ4v) is 4.22. The van der Waals surface area contributed by atoms with Gasteiger partial charge in [-0.3, -0.25) is 9.48 Å². The number of alkyl halides is 3. The molecular formula is C20H24F3N5O2. The first kappa shape index (κ1) is 19.6. The molecule has 2 aromatic rings. The van der Waals surface area contributed by atoms with Crippen LogP contribution < -0.4 is 0 Å². The van der Waals surface area contributed by atoms with Crippen molar-refractivity contribution in [3.63, 3.8) is 0 Å². The van der Waals surface area contributed by atoms with Crippen LogP contribution in [0.25, 0.3) is 0 Å². The molecular weight excluding hydrogens is 399 g/mol. The molecule has 2 aromatic heterocycles. The Bertz CT molecular complexity index is 1000. The van der Waals surface area contributed by atoms with E-state index in [-0.39, 0.29) is 25.0 Å². The highest BCUT2D eigenvalue weighted by atomic mass is 19.4. The lowest BCUT2D eigenvalue weighted by Gasteiger charge is -2.36. The van der Waals surface area contributed by atoms with Crippen molar-refractivity contribution in [3.05, 3.63) is 35.2 Å². The molecule has 7 nitrogen and oxygen atoms in total. The van der Waals surface area contributed by atoms with Gasteiger partial charge in [0.25, 0.3) is 5.91 Å². The molecule has 1 N–H and O–H groups in total. The molecule has 2 aliphatic carbocycles. The average molecular weight is 423 g/mol. The molecule has 0 unspecified atom stereocenters. The first-order chi connectivity index (χ1) is 14.1. The molecule has 0 radical (unpaired) electrons. The van der Waals surface area contributed by atoms with E-state index in [1.54, 1.807) is 11.8 Å². The smallest absolute Gasteiger partial charge is 0.374 e. The number of imidazole rings is 1. The molecule has 0 aromatic carbocycles. The third-order valence-electron chi connectivity index (χ3n) is 6.29. The number of fused-ring (bicyclic) bond motifs is 1. The Labute approximate surface area is 171 Å². The number of hydrogen-bond donors (Lipinski definition) is 1. The summed E-state index contributed by atoms with van der Waals surface area (Å²) in [5, 5.41) is 14.8. The Balaban J connectivity index is 1.44. The van der Waals surface area contributed by atoms with Crippen LogP contribution in [-0.4, -0.2) is 48.0 Å². The third kappa shape index (κ3) is 3.03. The molecule has 5 rings (SSSR count). The van der Waals surface area contributed by atoms with Gasteiger partial charge in [-0.1, -0.05) is 0 Å². The predicted octanol–water partition coefficient (Wildman–Crippen LogP) is 3.28. The van der Waals surface area contributed by atoms with Gasteiger partial charge in [-0.15, -0.1) is 0 Å². The zero-order chi connectivity index (χ0) is 21.4. The van der Waals surface area contributed by atoms with Crippen molar-refractivity contribution < 1.29 is 23.1 Å². The number of carbonyl (C=O) groups is 1. The lowest BCUT2D eigenvalue weighted by atomic mass is 10.0. The number of nitrogens with zero attached hydrogens (tertiary/aromatic N) is 5. The average Bonchev–Trinajstić information content (AvgIpc) is 3.60. The zero-order valence-corrected chi connectivity index (χ0v) is 16.9. The lowest BCUT2D eigenvalue weighted by Crippen LogP contribution is -2.46. The fraction of sp³-hybridized carbons (Fsp3) is 0.650. The van der Waals surface area contributed by atoms with Gasteiger partial charge >= 0.3 is 6.18 Å². The van der Waals surface area contributed by atoms with Crippen LogP contribution in [0.1, 0.15) is 85.2 Å². The van der Waals surface area contributed by atoms with Crippen LogP contribution >= 0.6 is 0 Å². The van der Waals surface area contributed by atoms with Crippen molar-refractivity contribution in [2.75, 3.05) is 6.54 Å². The van der Waals surface area contributed by atoms with E-state index < -0.39 is 23.6 Å². The lowest BCUT2D eigenvalue weighted by molar-refractivity contribution is -0.263. The predicted molar refractivity (Wildman–Crippen MR) is 99.8 cm³/mol. The Morgan fingerprint density at radius 2 is 1.93 bits per heavy atom. The molecule has 3 heterocycles. The molecule has 3 aliphatic rings. The van der Waals surface area contributed by atoms with E-state index in [1.807, 2.05) is 10.7 Å². The van der Waals surface area contributed by atoms with E-state index in [0.29, 0.717) is 24.2 Å². The summed E-state index contributed by atoms with van der Waals surface area (Å²) in [5.41, 5.74) is -1.07. The van der Waals surface area contributed by atoms with Crippen LogP contribution in [0.2, 0.25) is 0 Å². The van der Waals surface area contributed by atoms with Crippen molar-refractivity contribution in [2.24, 2.45) is 0 Å². The van der Waals surface area contributed by atoms with Crippen molar-refractivity contribution in [2.45, 2.75) is 75.9 Å². The van der Waals surface area contributed by atoms with Gasteiger partial charge in [0.2, 0.25) is 5.60 Å². The van der Waals surface area contributed by atoms with E-state index in [0.717, 1.165) is 31.4 Å². The van der Waals surface area contributed by atoms with E-state index in [1.165, 1.54) is 10.8 Å². The molecule has 2 fully saturated rings. The summed E-state index contributed by atoms with van der Waals surface area (Å²) < 4.78 is 43.3. The monoisotopic (exact) mass is 423 g/mol. The second-order valence-electron chi connectivity index (χ2n) is 8.95. The fourth-order valence-electron chi connectivity index (χ4n) is 4.22. The van der Waals surface area contributed by atoms with Crippen LogP contribution in [0.15, 0.2) is 12.3 Å². The van der Waals surface area contributed by atoms with Crippen molar-refractivity contribution in [1.82, 2.24) is 24.2 Å². The topological polar surface area (TPSA) is 76.2 Å². The first-order valence-electron chi connectivity index (χ1n) is 10.3. The van der Waals surface area contributed by atoms with Crippen LogP contribution in [0.5, 0.6) is 0 Å². The van der Waals surface area contributed by atoms with Gasteiger partial charge in [-0.25, -0.2) is 4.98 Å². The summed E-state index contributed by atoms with van der Waals surface area (Å²) in [6.45, 7) is 2.81. The molecule has 2 atom stereocenters. The van der Waals surface area contributed by atoms with Gasteiger partial charge in [-0.2, -0.15) is 18.3 Å². The molecule has 0 saturated heterocycles. The molecule has 2 saturated carbocycles. The Kier molecular flexibility index (Phi) is 4.13. The van der Waals surface area contributed by atoms with Gasteiger partial charge in [0.1, 0.15) is 5.69 Å². The highest BCUT2D eigenvalue weighted by Crippen LogP contribution is 2.43. The Morgan fingerprint density at radius 1 is 1.23 bits per heavy atom. The number of rotatable bonds is 4. The maximum atomic E-state index is 13.3. The highest BCUT2D eigenvalue weighted by molar-refractivity contribution is 5.93. The van der Waals surface area contributed by atoms with E-state index in [4.69, 9.17) is 0 Å². The summed E-state index contributed by atoms with van der Waals surface area (Å²) in [6, 6.07) is 1.69. The van der Waals surface area contributed by atoms with Crippen molar-refractivity contribution in [3.8, 4) is 0 Å². The number of aromatic nitrogens is 4. The molecule has 0 bridgehead atoms. The number of halogens is 3.